The van der Waals surface area contributed by atoms with Crippen LogP contribution < -0.4 is 11.1 Å². The molecular formula is C17H22N2O2. The summed E-state index contributed by atoms with van der Waals surface area (Å²) in [6, 6.07) is 7.81. The van der Waals surface area contributed by atoms with Crippen molar-refractivity contribution in [2.75, 3.05) is 13.2 Å². The third-order valence-corrected chi connectivity index (χ3v) is 3.54. The normalized spacial score (nSPS) is 18.7. The maximum atomic E-state index is 12.0. The molecule has 3 N–H and O–H groups in total. The molecule has 1 aliphatic rings. The van der Waals surface area contributed by atoms with Crippen LogP contribution in [0.1, 0.15) is 43.4 Å². The molecule has 2 atom stereocenters. The van der Waals surface area contributed by atoms with E-state index in [4.69, 9.17) is 10.5 Å². The number of rotatable bonds is 4. The lowest BCUT2D eigenvalue weighted by molar-refractivity contribution is -0.123. The SMILES string of the molecule is CC(NC(=O)CC1CCCO1)c1cccc(C#CCN)c1. The Morgan fingerprint density at radius 2 is 2.43 bits per heavy atom. The lowest BCUT2D eigenvalue weighted by Gasteiger charge is -2.16. The zero-order valence-electron chi connectivity index (χ0n) is 12.4. The number of carbonyl (C=O) groups excluding carboxylic acids is 1. The largest absolute Gasteiger partial charge is 0.378 e. The monoisotopic (exact) mass is 286 g/mol. The Kier molecular flexibility index (Phi) is 5.79. The summed E-state index contributed by atoms with van der Waals surface area (Å²) in [5, 5.41) is 3.01. The molecule has 4 nitrogen and oxygen atoms in total. The molecule has 1 saturated heterocycles. The van der Waals surface area contributed by atoms with Gasteiger partial charge in [0, 0.05) is 12.2 Å². The number of benzene rings is 1. The molecule has 0 aliphatic carbocycles. The first kappa shape index (κ1) is 15.6. The molecule has 4 heteroatoms. The van der Waals surface area contributed by atoms with Crippen molar-refractivity contribution in [1.29, 1.82) is 0 Å². The minimum atomic E-state index is -0.0430. The van der Waals surface area contributed by atoms with Crippen LogP contribution in [0.15, 0.2) is 24.3 Å². The quantitative estimate of drug-likeness (QED) is 0.829. The van der Waals surface area contributed by atoms with Crippen molar-refractivity contribution in [2.24, 2.45) is 5.73 Å². The van der Waals surface area contributed by atoms with E-state index in [0.29, 0.717) is 13.0 Å². The fourth-order valence-corrected chi connectivity index (χ4v) is 2.43. The standard InChI is InChI=1S/C17H22N2O2/c1-13(19-17(20)12-16-8-4-10-21-16)15-7-2-5-14(11-15)6-3-9-18/h2,5,7,11,13,16H,4,8-10,12,18H2,1H3,(H,19,20). The number of hydrogen-bond donors (Lipinski definition) is 2. The molecule has 112 valence electrons. The molecule has 1 amide bonds. The number of nitrogens with two attached hydrogens (primary N) is 1. The summed E-state index contributed by atoms with van der Waals surface area (Å²) in [4.78, 5) is 12.0. The fraction of sp³-hybridized carbons (Fsp3) is 0.471. The van der Waals surface area contributed by atoms with Gasteiger partial charge in [-0.2, -0.15) is 0 Å². The van der Waals surface area contributed by atoms with Gasteiger partial charge >= 0.3 is 0 Å². The Morgan fingerprint density at radius 3 is 3.14 bits per heavy atom. The van der Waals surface area contributed by atoms with E-state index in [0.717, 1.165) is 30.6 Å². The van der Waals surface area contributed by atoms with Crippen LogP contribution in [0.4, 0.5) is 0 Å². The van der Waals surface area contributed by atoms with Gasteiger partial charge in [-0.3, -0.25) is 4.79 Å². The second-order valence-electron chi connectivity index (χ2n) is 5.26. The summed E-state index contributed by atoms with van der Waals surface area (Å²) >= 11 is 0. The highest BCUT2D eigenvalue weighted by atomic mass is 16.5. The molecule has 21 heavy (non-hydrogen) atoms. The molecule has 0 saturated carbocycles. The van der Waals surface area contributed by atoms with Crippen LogP contribution >= 0.6 is 0 Å². The number of amides is 1. The third-order valence-electron chi connectivity index (χ3n) is 3.54. The molecule has 0 spiro atoms. The first-order valence-corrected chi connectivity index (χ1v) is 7.39. The van der Waals surface area contributed by atoms with Crippen LogP contribution in [-0.2, 0) is 9.53 Å². The van der Waals surface area contributed by atoms with Crippen molar-refractivity contribution in [3.8, 4) is 11.8 Å². The van der Waals surface area contributed by atoms with Crippen LogP contribution in [0.25, 0.3) is 0 Å². The van der Waals surface area contributed by atoms with Crippen LogP contribution in [0.2, 0.25) is 0 Å². The summed E-state index contributed by atoms with van der Waals surface area (Å²) < 4.78 is 5.48. The van der Waals surface area contributed by atoms with E-state index < -0.39 is 0 Å². The number of carbonyl (C=O) groups is 1. The molecule has 0 aromatic heterocycles. The fourth-order valence-electron chi connectivity index (χ4n) is 2.43. The minimum absolute atomic E-state index is 0.0350. The number of hydrogen-bond acceptors (Lipinski definition) is 3. The van der Waals surface area contributed by atoms with Gasteiger partial charge in [0.2, 0.25) is 5.91 Å². The minimum Gasteiger partial charge on any atom is -0.378 e. The third kappa shape index (κ3) is 4.89. The van der Waals surface area contributed by atoms with Gasteiger partial charge in [0.25, 0.3) is 0 Å². The van der Waals surface area contributed by atoms with Gasteiger partial charge in [0.15, 0.2) is 0 Å². The molecule has 2 rings (SSSR count). The van der Waals surface area contributed by atoms with Crippen molar-refractivity contribution in [3.63, 3.8) is 0 Å². The lowest BCUT2D eigenvalue weighted by atomic mass is 10.0. The van der Waals surface area contributed by atoms with Crippen molar-refractivity contribution in [3.05, 3.63) is 35.4 Å². The van der Waals surface area contributed by atoms with E-state index in [9.17, 15) is 4.79 Å². The van der Waals surface area contributed by atoms with Crippen LogP contribution in [0.3, 0.4) is 0 Å². The summed E-state index contributed by atoms with van der Waals surface area (Å²) in [5.41, 5.74) is 7.33. The topological polar surface area (TPSA) is 64.3 Å². The van der Waals surface area contributed by atoms with E-state index in [1.807, 2.05) is 31.2 Å². The second-order valence-corrected chi connectivity index (χ2v) is 5.26. The van der Waals surface area contributed by atoms with Crippen LogP contribution in [0.5, 0.6) is 0 Å². The van der Waals surface area contributed by atoms with Crippen LogP contribution in [0, 0.1) is 11.8 Å². The van der Waals surface area contributed by atoms with E-state index in [2.05, 4.69) is 17.2 Å². The maximum Gasteiger partial charge on any atom is 0.223 e. The molecule has 1 aromatic carbocycles. The van der Waals surface area contributed by atoms with Crippen molar-refractivity contribution < 1.29 is 9.53 Å². The van der Waals surface area contributed by atoms with E-state index in [1.54, 1.807) is 0 Å². The van der Waals surface area contributed by atoms with Gasteiger partial charge in [-0.25, -0.2) is 0 Å². The average molecular weight is 286 g/mol. The van der Waals surface area contributed by atoms with Crippen molar-refractivity contribution in [1.82, 2.24) is 5.32 Å². The summed E-state index contributed by atoms with van der Waals surface area (Å²) in [5.74, 6) is 5.87. The van der Waals surface area contributed by atoms with Gasteiger partial charge in [-0.05, 0) is 37.5 Å². The van der Waals surface area contributed by atoms with E-state index in [1.165, 1.54) is 0 Å². The van der Waals surface area contributed by atoms with Gasteiger partial charge in [-0.15, -0.1) is 0 Å². The molecule has 2 unspecified atom stereocenters. The van der Waals surface area contributed by atoms with Crippen molar-refractivity contribution in [2.45, 2.75) is 38.3 Å². The number of ether oxygens (including phenoxy) is 1. The Hall–Kier alpha value is -1.83. The Morgan fingerprint density at radius 1 is 1.57 bits per heavy atom. The summed E-state index contributed by atoms with van der Waals surface area (Å²) in [7, 11) is 0. The Labute approximate surface area is 126 Å². The molecular weight excluding hydrogens is 264 g/mol. The number of nitrogens with one attached hydrogen (secondary N) is 1. The van der Waals surface area contributed by atoms with Gasteiger partial charge in [-0.1, -0.05) is 24.0 Å². The lowest BCUT2D eigenvalue weighted by Crippen LogP contribution is -2.29. The smallest absolute Gasteiger partial charge is 0.223 e. The van der Waals surface area contributed by atoms with E-state index in [-0.39, 0.29) is 18.1 Å². The van der Waals surface area contributed by atoms with Crippen molar-refractivity contribution >= 4 is 5.91 Å². The first-order chi connectivity index (χ1) is 10.2. The summed E-state index contributed by atoms with van der Waals surface area (Å²) in [6.45, 7) is 3.09. The molecule has 0 radical (unpaired) electrons. The zero-order valence-corrected chi connectivity index (χ0v) is 12.4. The zero-order chi connectivity index (χ0) is 15.1. The molecule has 1 aliphatic heterocycles. The maximum absolute atomic E-state index is 12.0. The molecule has 1 fully saturated rings. The Balaban J connectivity index is 1.92. The molecule has 1 heterocycles. The predicted octanol–water partition coefficient (Wildman–Crippen LogP) is 1.74. The predicted molar refractivity (Wildman–Crippen MR) is 82.5 cm³/mol. The van der Waals surface area contributed by atoms with E-state index >= 15 is 0 Å². The highest BCUT2D eigenvalue weighted by Crippen LogP contribution is 2.17. The van der Waals surface area contributed by atoms with Gasteiger partial charge in [0.1, 0.15) is 0 Å². The Bertz CT molecular complexity index is 539. The first-order valence-electron chi connectivity index (χ1n) is 7.39. The average Bonchev–Trinajstić information content (AvgIpc) is 2.98. The molecule has 1 aromatic rings. The highest BCUT2D eigenvalue weighted by molar-refractivity contribution is 5.77. The van der Waals surface area contributed by atoms with Crippen LogP contribution in [-0.4, -0.2) is 25.2 Å². The molecule has 0 bridgehead atoms. The highest BCUT2D eigenvalue weighted by Gasteiger charge is 2.20. The van der Waals surface area contributed by atoms with Gasteiger partial charge < -0.3 is 15.8 Å². The second kappa shape index (κ2) is 7.82. The van der Waals surface area contributed by atoms with Gasteiger partial charge in [0.05, 0.1) is 25.1 Å². The summed E-state index contributed by atoms with van der Waals surface area (Å²) in [6.07, 6.45) is 2.55.